The lowest BCUT2D eigenvalue weighted by Crippen LogP contribution is -2.07. The van der Waals surface area contributed by atoms with Gasteiger partial charge < -0.3 is 18.9 Å². The van der Waals surface area contributed by atoms with Crippen LogP contribution in [-0.4, -0.2) is 32.8 Å². The predicted molar refractivity (Wildman–Crippen MR) is 155 cm³/mol. The van der Waals surface area contributed by atoms with Gasteiger partial charge in [-0.15, -0.1) is 0 Å². The van der Waals surface area contributed by atoms with E-state index in [0.29, 0.717) is 23.7 Å². The van der Waals surface area contributed by atoms with E-state index < -0.39 is 23.8 Å². The zero-order chi connectivity index (χ0) is 33.3. The summed E-state index contributed by atoms with van der Waals surface area (Å²) in [5, 5.41) is 0. The average Bonchev–Trinajstić information content (AvgIpc) is 3.03. The standard InChI is InChI=1S/C26H21F5O5.2C3H4O/c1-4-24(32)36-22-13-18(33-2)12-21(35-14-23(27)28)25(22)16-7-5-15(6-8-16)17-9-10-20(34-3)19(11-17)26(29,30)31;2*1-2-3-4/h5-14H,4H2,1-3H3;2*2-3H,1H2. The Balaban J connectivity index is 0.00000108. The highest BCUT2D eigenvalue weighted by Crippen LogP contribution is 2.44. The van der Waals surface area contributed by atoms with Crippen LogP contribution in [0.5, 0.6) is 23.0 Å². The van der Waals surface area contributed by atoms with Gasteiger partial charge in [0.05, 0.1) is 25.3 Å². The number of hydrogen-bond donors (Lipinski definition) is 0. The normalized spacial score (nSPS) is 9.91. The summed E-state index contributed by atoms with van der Waals surface area (Å²) >= 11 is 0. The Morgan fingerprint density at radius 3 is 1.77 bits per heavy atom. The van der Waals surface area contributed by atoms with E-state index in [1.54, 1.807) is 31.2 Å². The highest BCUT2D eigenvalue weighted by molar-refractivity contribution is 5.83. The SMILES string of the molecule is C=CC=O.C=CC=O.CCC(=O)Oc1cc(OC)cc(OC=C(F)F)c1-c1ccc(-c2ccc(OC)c(C(F)(F)F)c2)cc1. The van der Waals surface area contributed by atoms with E-state index in [2.05, 4.69) is 13.2 Å². The van der Waals surface area contributed by atoms with Crippen LogP contribution in [0.4, 0.5) is 22.0 Å². The molecule has 0 aromatic heterocycles. The van der Waals surface area contributed by atoms with Gasteiger partial charge in [-0.1, -0.05) is 50.4 Å². The summed E-state index contributed by atoms with van der Waals surface area (Å²) in [7, 11) is 2.50. The first-order valence-corrected chi connectivity index (χ1v) is 12.5. The lowest BCUT2D eigenvalue weighted by atomic mass is 9.97. The second kappa shape index (κ2) is 18.3. The molecule has 0 spiro atoms. The van der Waals surface area contributed by atoms with Crippen LogP contribution >= 0.6 is 0 Å². The molecule has 0 unspecified atom stereocenters. The molecule has 0 radical (unpaired) electrons. The maximum absolute atomic E-state index is 13.4. The van der Waals surface area contributed by atoms with E-state index in [1.165, 1.54) is 43.5 Å². The Hall–Kier alpha value is -5.26. The molecule has 0 fully saturated rings. The first-order chi connectivity index (χ1) is 20.9. The quantitative estimate of drug-likeness (QED) is 0.0564. The fourth-order valence-electron chi connectivity index (χ4n) is 3.38. The van der Waals surface area contributed by atoms with E-state index >= 15 is 0 Å². The number of halogens is 5. The minimum atomic E-state index is -4.62. The average molecular weight is 621 g/mol. The molecule has 0 saturated heterocycles. The molecule has 3 aromatic rings. The van der Waals surface area contributed by atoms with Gasteiger partial charge in [0, 0.05) is 18.6 Å². The Bertz CT molecular complexity index is 1440. The highest BCUT2D eigenvalue weighted by Gasteiger charge is 2.34. The number of benzene rings is 3. The Morgan fingerprint density at radius 2 is 1.32 bits per heavy atom. The Labute approximate surface area is 250 Å². The van der Waals surface area contributed by atoms with Crippen LogP contribution in [0.25, 0.3) is 22.3 Å². The lowest BCUT2D eigenvalue weighted by molar-refractivity contribution is -0.138. The van der Waals surface area contributed by atoms with Gasteiger partial charge in [-0.05, 0) is 41.0 Å². The van der Waals surface area contributed by atoms with Crippen LogP contribution < -0.4 is 18.9 Å². The molecular weight excluding hydrogens is 591 g/mol. The third kappa shape index (κ3) is 11.2. The molecule has 0 aliphatic heterocycles. The zero-order valence-electron chi connectivity index (χ0n) is 24.0. The lowest BCUT2D eigenvalue weighted by Gasteiger charge is -2.17. The molecule has 12 heteroatoms. The van der Waals surface area contributed by atoms with Crippen LogP contribution in [0.3, 0.4) is 0 Å². The van der Waals surface area contributed by atoms with Gasteiger partial charge in [-0.2, -0.15) is 22.0 Å². The largest absolute Gasteiger partial charge is 0.496 e. The van der Waals surface area contributed by atoms with Crippen LogP contribution in [0.15, 0.2) is 92.2 Å². The number of aldehydes is 2. The van der Waals surface area contributed by atoms with Gasteiger partial charge in [0.15, 0.2) is 6.26 Å². The summed E-state index contributed by atoms with van der Waals surface area (Å²) in [5.41, 5.74) is 0.372. The third-order valence-corrected chi connectivity index (χ3v) is 5.27. The molecule has 0 saturated carbocycles. The minimum Gasteiger partial charge on any atom is -0.496 e. The van der Waals surface area contributed by atoms with Gasteiger partial charge >= 0.3 is 18.2 Å². The molecule has 7 nitrogen and oxygen atoms in total. The van der Waals surface area contributed by atoms with Crippen molar-refractivity contribution in [3.05, 3.63) is 97.8 Å². The molecule has 3 aromatic carbocycles. The van der Waals surface area contributed by atoms with Gasteiger partial charge in [0.1, 0.15) is 35.6 Å². The van der Waals surface area contributed by atoms with Crippen molar-refractivity contribution in [2.75, 3.05) is 14.2 Å². The number of carbonyl (C=O) groups is 3. The van der Waals surface area contributed by atoms with E-state index in [-0.39, 0.29) is 46.8 Å². The third-order valence-electron chi connectivity index (χ3n) is 5.27. The Morgan fingerprint density at radius 1 is 0.795 bits per heavy atom. The maximum Gasteiger partial charge on any atom is 0.419 e. The maximum atomic E-state index is 13.4. The Kier molecular flexibility index (Phi) is 15.3. The minimum absolute atomic E-state index is 0.000390. The molecule has 3 rings (SSSR count). The van der Waals surface area contributed by atoms with Crippen molar-refractivity contribution in [1.29, 1.82) is 0 Å². The molecule has 0 aliphatic rings. The number of hydrogen-bond acceptors (Lipinski definition) is 7. The summed E-state index contributed by atoms with van der Waals surface area (Å²) in [6.07, 6.45) is -2.77. The van der Waals surface area contributed by atoms with Gasteiger partial charge in [-0.25, -0.2) is 0 Å². The summed E-state index contributed by atoms with van der Waals surface area (Å²) < 4.78 is 86.3. The van der Waals surface area contributed by atoms with E-state index in [0.717, 1.165) is 13.2 Å². The molecule has 0 bridgehead atoms. The van der Waals surface area contributed by atoms with E-state index in [9.17, 15) is 26.7 Å². The molecule has 0 heterocycles. The number of alkyl halides is 3. The number of methoxy groups -OCH3 is 2. The predicted octanol–water partition coefficient (Wildman–Crippen LogP) is 8.23. The fourth-order valence-corrected chi connectivity index (χ4v) is 3.38. The molecular formula is C32H29F5O7. The topological polar surface area (TPSA) is 88.1 Å². The second-order valence-corrected chi connectivity index (χ2v) is 8.09. The summed E-state index contributed by atoms with van der Waals surface area (Å²) in [6.45, 7) is 7.81. The van der Waals surface area contributed by atoms with Gasteiger partial charge in [0.2, 0.25) is 0 Å². The number of rotatable bonds is 10. The molecule has 0 atom stereocenters. The molecule has 234 valence electrons. The molecule has 0 amide bonds. The number of esters is 1. The van der Waals surface area contributed by atoms with Gasteiger partial charge in [0.25, 0.3) is 0 Å². The number of carbonyl (C=O) groups excluding carboxylic acids is 3. The number of allylic oxidation sites excluding steroid dienone is 2. The zero-order valence-corrected chi connectivity index (χ0v) is 24.0. The monoisotopic (exact) mass is 620 g/mol. The molecule has 44 heavy (non-hydrogen) atoms. The number of ether oxygens (including phenoxy) is 4. The van der Waals surface area contributed by atoms with Crippen molar-refractivity contribution in [2.45, 2.75) is 19.5 Å². The van der Waals surface area contributed by atoms with Gasteiger partial charge in [-0.3, -0.25) is 14.4 Å². The molecule has 0 aliphatic carbocycles. The summed E-state index contributed by atoms with van der Waals surface area (Å²) in [4.78, 5) is 30.1. The van der Waals surface area contributed by atoms with Crippen LogP contribution in [0.1, 0.15) is 18.9 Å². The van der Waals surface area contributed by atoms with E-state index in [1.807, 2.05) is 0 Å². The van der Waals surface area contributed by atoms with Crippen LogP contribution in [0, 0.1) is 0 Å². The van der Waals surface area contributed by atoms with Crippen molar-refractivity contribution in [2.24, 2.45) is 0 Å². The van der Waals surface area contributed by atoms with Crippen molar-refractivity contribution in [1.82, 2.24) is 0 Å². The van der Waals surface area contributed by atoms with E-state index in [4.69, 9.17) is 28.5 Å². The van der Waals surface area contributed by atoms with Crippen molar-refractivity contribution in [3.63, 3.8) is 0 Å². The second-order valence-electron chi connectivity index (χ2n) is 8.09. The molecule has 0 N–H and O–H groups in total. The van der Waals surface area contributed by atoms with Crippen molar-refractivity contribution < 1.29 is 55.3 Å². The summed E-state index contributed by atoms with van der Waals surface area (Å²) in [5.74, 6) is -0.788. The first-order valence-electron chi connectivity index (χ1n) is 12.5. The smallest absolute Gasteiger partial charge is 0.419 e. The van der Waals surface area contributed by atoms with Crippen LogP contribution in [0.2, 0.25) is 0 Å². The fraction of sp³-hybridized carbons (Fsp3) is 0.156. The van der Waals surface area contributed by atoms with Crippen LogP contribution in [-0.2, 0) is 20.6 Å². The van der Waals surface area contributed by atoms with Crippen molar-refractivity contribution >= 4 is 18.5 Å². The first kappa shape index (κ1) is 36.8. The highest BCUT2D eigenvalue weighted by atomic mass is 19.4. The van der Waals surface area contributed by atoms with Crippen molar-refractivity contribution in [3.8, 4) is 45.3 Å². The summed E-state index contributed by atoms with van der Waals surface area (Å²) in [6, 6.07) is 12.6.